The molecule has 1 saturated heterocycles. The molecule has 47 heavy (non-hydrogen) atoms. The summed E-state index contributed by atoms with van der Waals surface area (Å²) < 4.78 is 10.4. The van der Waals surface area contributed by atoms with Crippen molar-refractivity contribution >= 4 is 0 Å². The number of para-hydroxylation sites is 1. The lowest BCUT2D eigenvalue weighted by atomic mass is 10.3. The summed E-state index contributed by atoms with van der Waals surface area (Å²) in [7, 11) is 0. The number of rotatable bonds is 3. The molecule has 0 saturated carbocycles. The van der Waals surface area contributed by atoms with Crippen molar-refractivity contribution in [3.8, 4) is 5.75 Å². The van der Waals surface area contributed by atoms with Crippen molar-refractivity contribution in [2.75, 3.05) is 13.2 Å². The van der Waals surface area contributed by atoms with E-state index in [9.17, 15) is 0 Å². The van der Waals surface area contributed by atoms with Gasteiger partial charge >= 0.3 is 0 Å². The lowest BCUT2D eigenvalue weighted by Crippen LogP contribution is -2.03. The zero-order valence-corrected chi connectivity index (χ0v) is 34.5. The molecule has 4 rings (SSSR count). The molecular formula is C45H94O2. The molecule has 1 aliphatic heterocycles. The topological polar surface area (TPSA) is 21.8 Å². The van der Waals surface area contributed by atoms with E-state index in [0.29, 0.717) is 12.7 Å². The van der Waals surface area contributed by atoms with E-state index in [4.69, 9.17) is 9.47 Å². The Labute approximate surface area is 303 Å². The highest BCUT2D eigenvalue weighted by Crippen LogP contribution is 2.13. The molecule has 3 aromatic rings. The number of benzene rings is 3. The summed E-state index contributed by atoms with van der Waals surface area (Å²) in [5, 5.41) is 0. The number of ether oxygens (including phenoxy) is 2. The molecule has 2 nitrogen and oxygen atoms in total. The van der Waals surface area contributed by atoms with Crippen LogP contribution in [0.2, 0.25) is 0 Å². The van der Waals surface area contributed by atoms with Gasteiger partial charge in [-0.25, -0.2) is 0 Å². The second kappa shape index (κ2) is 112. The molecule has 0 amide bonds. The van der Waals surface area contributed by atoms with Gasteiger partial charge in [-0.3, -0.25) is 0 Å². The second-order valence-electron chi connectivity index (χ2n) is 6.30. The third kappa shape index (κ3) is 115. The fourth-order valence-electron chi connectivity index (χ4n) is 1.64. The van der Waals surface area contributed by atoms with E-state index >= 15 is 0 Å². The van der Waals surface area contributed by atoms with Crippen molar-refractivity contribution in [3.63, 3.8) is 0 Å². The standard InChI is InChI=1S/C9H10O2.2C6H6.2C3H8.8C2H6.2CH4/c1-2-4-8(5-3-1)10-6-9-7-11-9;2*1-2-4-6-5-3-1;2*1-3-2;8*1-2;;/h1-5,9H,6-7H2;2*1-6H;2*3H2,1-2H3;8*1-2H3;2*1H4. The summed E-state index contributed by atoms with van der Waals surface area (Å²) in [5.74, 6) is 0.919. The average molecular weight is 667 g/mol. The fraction of sp³-hybridized carbons (Fsp3) is 0.600. The van der Waals surface area contributed by atoms with Gasteiger partial charge in [0, 0.05) is 0 Å². The van der Waals surface area contributed by atoms with Crippen molar-refractivity contribution in [3.05, 3.63) is 103 Å². The van der Waals surface area contributed by atoms with Crippen LogP contribution >= 0.6 is 0 Å². The van der Waals surface area contributed by atoms with Crippen LogP contribution in [0.25, 0.3) is 0 Å². The van der Waals surface area contributed by atoms with Gasteiger partial charge < -0.3 is 9.47 Å². The smallest absolute Gasteiger partial charge is 0.119 e. The SMILES string of the molecule is C.C.CC.CC.CC.CC.CC.CC.CC.CC.CCC.CCC.c1ccc(OCC2CO2)cc1.c1ccccc1.c1ccccc1. The van der Waals surface area contributed by atoms with Crippen LogP contribution in [0, 0.1) is 0 Å². The first-order chi connectivity index (χ1) is 22.3. The third-order valence-electron chi connectivity index (χ3n) is 2.91. The van der Waals surface area contributed by atoms with Gasteiger partial charge in [0.2, 0.25) is 0 Å². The predicted octanol–water partition coefficient (Wildman–Crippen LogP) is 17.2. The van der Waals surface area contributed by atoms with Gasteiger partial charge in [-0.1, -0.05) is 257 Å². The molecule has 0 aliphatic carbocycles. The maximum Gasteiger partial charge on any atom is 0.119 e. The largest absolute Gasteiger partial charge is 0.491 e. The van der Waals surface area contributed by atoms with Crippen LogP contribution in [-0.2, 0) is 4.74 Å². The molecule has 3 aromatic carbocycles. The Kier molecular flexibility index (Phi) is 179. The second-order valence-corrected chi connectivity index (χ2v) is 6.30. The maximum atomic E-state index is 5.40. The normalized spacial score (nSPS) is 8.81. The molecule has 0 radical (unpaired) electrons. The highest BCUT2D eigenvalue weighted by molar-refractivity contribution is 5.20. The quantitative estimate of drug-likeness (QED) is 0.259. The summed E-state index contributed by atoms with van der Waals surface area (Å²) in [6, 6.07) is 33.8. The summed E-state index contributed by atoms with van der Waals surface area (Å²) in [5.41, 5.74) is 0. The molecule has 0 aromatic heterocycles. The van der Waals surface area contributed by atoms with E-state index in [1.165, 1.54) is 12.8 Å². The Balaban J connectivity index is -0.0000000358. The molecular weight excluding hydrogens is 572 g/mol. The maximum absolute atomic E-state index is 5.40. The summed E-state index contributed by atoms with van der Waals surface area (Å²) in [6.07, 6.45) is 2.84. The van der Waals surface area contributed by atoms with Gasteiger partial charge in [-0.15, -0.1) is 0 Å². The zero-order valence-electron chi connectivity index (χ0n) is 34.5. The fourth-order valence-corrected chi connectivity index (χ4v) is 1.64. The molecule has 0 N–H and O–H groups in total. The van der Waals surface area contributed by atoms with E-state index in [2.05, 4.69) is 27.7 Å². The summed E-state index contributed by atoms with van der Waals surface area (Å²) in [6.45, 7) is 42.0. The first-order valence-corrected chi connectivity index (χ1v) is 18.6. The number of hydrogen-bond acceptors (Lipinski definition) is 2. The van der Waals surface area contributed by atoms with E-state index in [1.807, 2.05) is 214 Å². The van der Waals surface area contributed by atoms with Gasteiger partial charge in [0.15, 0.2) is 0 Å². The summed E-state index contributed by atoms with van der Waals surface area (Å²) in [4.78, 5) is 0. The highest BCUT2D eigenvalue weighted by Gasteiger charge is 2.22. The van der Waals surface area contributed by atoms with Crippen molar-refractivity contribution in [2.24, 2.45) is 0 Å². The Hall–Kier alpha value is -2.58. The minimum atomic E-state index is 0. The summed E-state index contributed by atoms with van der Waals surface area (Å²) >= 11 is 0. The third-order valence-corrected chi connectivity index (χ3v) is 2.91. The Morgan fingerprint density at radius 3 is 0.766 bits per heavy atom. The predicted molar refractivity (Wildman–Crippen MR) is 231 cm³/mol. The van der Waals surface area contributed by atoms with Gasteiger partial charge in [-0.05, 0) is 12.1 Å². The van der Waals surface area contributed by atoms with Crippen LogP contribution in [0.3, 0.4) is 0 Å². The lowest BCUT2D eigenvalue weighted by molar-refractivity contribution is 0.263. The van der Waals surface area contributed by atoms with Gasteiger partial charge in [0.1, 0.15) is 18.5 Å². The van der Waals surface area contributed by atoms with E-state index in [1.54, 1.807) is 0 Å². The molecule has 286 valence electrons. The van der Waals surface area contributed by atoms with Gasteiger partial charge in [-0.2, -0.15) is 0 Å². The number of epoxide rings is 1. The minimum Gasteiger partial charge on any atom is -0.491 e. The van der Waals surface area contributed by atoms with Crippen molar-refractivity contribution in [1.82, 2.24) is 0 Å². The van der Waals surface area contributed by atoms with E-state index in [0.717, 1.165) is 12.4 Å². The monoisotopic (exact) mass is 667 g/mol. The van der Waals surface area contributed by atoms with E-state index < -0.39 is 0 Å². The van der Waals surface area contributed by atoms with Crippen LogP contribution in [-0.4, -0.2) is 19.3 Å². The minimum absolute atomic E-state index is 0. The molecule has 2 heteroatoms. The van der Waals surface area contributed by atoms with Crippen molar-refractivity contribution < 1.29 is 9.47 Å². The van der Waals surface area contributed by atoms with Crippen LogP contribution < -0.4 is 4.74 Å². The van der Waals surface area contributed by atoms with Crippen molar-refractivity contribution in [2.45, 2.75) is 172 Å². The molecule has 1 heterocycles. The molecule has 0 bridgehead atoms. The Morgan fingerprint density at radius 1 is 0.426 bits per heavy atom. The lowest BCUT2D eigenvalue weighted by Gasteiger charge is -2.01. The van der Waals surface area contributed by atoms with Crippen LogP contribution in [0.1, 0.15) is 166 Å². The zero-order chi connectivity index (χ0) is 37.4. The molecule has 0 spiro atoms. The van der Waals surface area contributed by atoms with Gasteiger partial charge in [0.25, 0.3) is 0 Å². The first-order valence-electron chi connectivity index (χ1n) is 18.6. The van der Waals surface area contributed by atoms with E-state index in [-0.39, 0.29) is 14.9 Å². The van der Waals surface area contributed by atoms with Crippen LogP contribution in [0.15, 0.2) is 103 Å². The molecule has 1 atom stereocenters. The molecule has 1 unspecified atom stereocenters. The Bertz CT molecular complexity index is 537. The average Bonchev–Trinajstić information content (AvgIpc) is 4.02. The molecule has 1 fully saturated rings. The van der Waals surface area contributed by atoms with Gasteiger partial charge in [0.05, 0.1) is 6.61 Å². The first kappa shape index (κ1) is 75.0. The highest BCUT2D eigenvalue weighted by atomic mass is 16.6. The van der Waals surface area contributed by atoms with Crippen LogP contribution in [0.4, 0.5) is 0 Å². The molecule has 1 aliphatic rings. The van der Waals surface area contributed by atoms with Crippen LogP contribution in [0.5, 0.6) is 5.75 Å². The number of hydrogen-bond donors (Lipinski definition) is 0. The Morgan fingerprint density at radius 2 is 0.596 bits per heavy atom. The van der Waals surface area contributed by atoms with Crippen molar-refractivity contribution in [1.29, 1.82) is 0 Å².